The largest absolute Gasteiger partial charge is 0.394 e. The molecule has 2 N–H and O–H groups in total. The maximum Gasteiger partial charge on any atom is 0.226 e. The standard InChI is InChI=1S/C19H23N3O2S/c1-3-13-5-7-14(8-6-13)17-10-22-16(12-25-19(22)21-17)9-18(24)20-15(4-2)11-23/h5-8,10,12,15,23H,3-4,9,11H2,1-2H3,(H,20,24). The van der Waals surface area contributed by atoms with E-state index in [9.17, 15) is 9.90 Å². The molecule has 0 aliphatic heterocycles. The van der Waals surface area contributed by atoms with Crippen molar-refractivity contribution in [1.29, 1.82) is 0 Å². The zero-order valence-corrected chi connectivity index (χ0v) is 15.3. The Hall–Kier alpha value is -2.18. The van der Waals surface area contributed by atoms with E-state index in [1.165, 1.54) is 16.9 Å². The Kier molecular flexibility index (Phi) is 5.50. The first-order chi connectivity index (χ1) is 12.1. The number of rotatable bonds is 7. The lowest BCUT2D eigenvalue weighted by molar-refractivity contribution is -0.121. The van der Waals surface area contributed by atoms with E-state index in [-0.39, 0.29) is 25.0 Å². The summed E-state index contributed by atoms with van der Waals surface area (Å²) in [6, 6.07) is 8.24. The molecule has 0 saturated carbocycles. The molecule has 0 spiro atoms. The van der Waals surface area contributed by atoms with Crippen LogP contribution in [0.15, 0.2) is 35.8 Å². The van der Waals surface area contributed by atoms with Gasteiger partial charge in [0.05, 0.1) is 24.8 Å². The molecule has 0 bridgehead atoms. The van der Waals surface area contributed by atoms with Crippen LogP contribution in [0.4, 0.5) is 0 Å². The van der Waals surface area contributed by atoms with Crippen LogP contribution in [-0.2, 0) is 17.6 Å². The number of amides is 1. The predicted molar refractivity (Wildman–Crippen MR) is 101 cm³/mol. The Morgan fingerprint density at radius 1 is 1.32 bits per heavy atom. The van der Waals surface area contributed by atoms with Gasteiger partial charge in [0.25, 0.3) is 0 Å². The van der Waals surface area contributed by atoms with Crippen molar-refractivity contribution < 1.29 is 9.90 Å². The van der Waals surface area contributed by atoms with Gasteiger partial charge >= 0.3 is 0 Å². The topological polar surface area (TPSA) is 66.6 Å². The number of carbonyl (C=O) groups is 1. The van der Waals surface area contributed by atoms with Gasteiger partial charge in [-0.25, -0.2) is 4.98 Å². The molecule has 2 heterocycles. The molecule has 5 nitrogen and oxygen atoms in total. The Morgan fingerprint density at radius 3 is 2.72 bits per heavy atom. The van der Waals surface area contributed by atoms with Gasteiger partial charge in [0.1, 0.15) is 0 Å². The monoisotopic (exact) mass is 357 g/mol. The summed E-state index contributed by atoms with van der Waals surface area (Å²) in [6.07, 6.45) is 3.99. The van der Waals surface area contributed by atoms with Crippen molar-refractivity contribution in [2.45, 2.75) is 39.2 Å². The van der Waals surface area contributed by atoms with Crippen molar-refractivity contribution >= 4 is 22.2 Å². The number of aryl methyl sites for hydroxylation is 1. The van der Waals surface area contributed by atoms with Crippen LogP contribution in [0.3, 0.4) is 0 Å². The third kappa shape index (κ3) is 3.91. The highest BCUT2D eigenvalue weighted by atomic mass is 32.1. The minimum atomic E-state index is -0.183. The Balaban J connectivity index is 1.79. The fraction of sp³-hybridized carbons (Fsp3) is 0.368. The lowest BCUT2D eigenvalue weighted by Crippen LogP contribution is -2.37. The van der Waals surface area contributed by atoms with Crippen LogP contribution in [0, 0.1) is 0 Å². The van der Waals surface area contributed by atoms with Crippen LogP contribution >= 0.6 is 11.3 Å². The van der Waals surface area contributed by atoms with Crippen LogP contribution in [0.1, 0.15) is 31.5 Å². The zero-order valence-electron chi connectivity index (χ0n) is 14.5. The van der Waals surface area contributed by atoms with E-state index >= 15 is 0 Å². The van der Waals surface area contributed by atoms with E-state index < -0.39 is 0 Å². The summed E-state index contributed by atoms with van der Waals surface area (Å²) in [5.41, 5.74) is 4.21. The summed E-state index contributed by atoms with van der Waals surface area (Å²) in [5.74, 6) is -0.0804. The molecule has 3 rings (SSSR count). The smallest absolute Gasteiger partial charge is 0.226 e. The van der Waals surface area contributed by atoms with Gasteiger partial charge < -0.3 is 10.4 Å². The molecule has 132 valence electrons. The number of imidazole rings is 1. The molecule has 1 unspecified atom stereocenters. The minimum Gasteiger partial charge on any atom is -0.394 e. The highest BCUT2D eigenvalue weighted by Crippen LogP contribution is 2.24. The maximum atomic E-state index is 12.2. The van der Waals surface area contributed by atoms with Crippen molar-refractivity contribution in [2.75, 3.05) is 6.61 Å². The van der Waals surface area contributed by atoms with Gasteiger partial charge in [-0.3, -0.25) is 9.20 Å². The van der Waals surface area contributed by atoms with Crippen molar-refractivity contribution in [3.05, 3.63) is 47.1 Å². The number of aliphatic hydroxyl groups excluding tert-OH is 1. The average Bonchev–Trinajstić information content (AvgIpc) is 3.22. The fourth-order valence-corrected chi connectivity index (χ4v) is 3.60. The number of aromatic nitrogens is 2. The third-order valence-electron chi connectivity index (χ3n) is 4.36. The molecule has 3 aromatic rings. The maximum absolute atomic E-state index is 12.2. The second-order valence-electron chi connectivity index (χ2n) is 6.09. The highest BCUT2D eigenvalue weighted by molar-refractivity contribution is 7.15. The van der Waals surface area contributed by atoms with Gasteiger partial charge in [-0.1, -0.05) is 38.1 Å². The summed E-state index contributed by atoms with van der Waals surface area (Å²) in [6.45, 7) is 4.04. The van der Waals surface area contributed by atoms with E-state index in [1.54, 1.807) is 0 Å². The Bertz CT molecular complexity index is 847. The van der Waals surface area contributed by atoms with Gasteiger partial charge in [-0.05, 0) is 18.4 Å². The first-order valence-electron chi connectivity index (χ1n) is 8.59. The molecular weight excluding hydrogens is 334 g/mol. The Morgan fingerprint density at radius 2 is 2.08 bits per heavy atom. The molecule has 25 heavy (non-hydrogen) atoms. The van der Waals surface area contributed by atoms with Crippen LogP contribution < -0.4 is 5.32 Å². The molecule has 0 fully saturated rings. The van der Waals surface area contributed by atoms with E-state index in [0.29, 0.717) is 6.42 Å². The van der Waals surface area contributed by atoms with Crippen LogP contribution in [0.25, 0.3) is 16.2 Å². The second kappa shape index (κ2) is 7.80. The van der Waals surface area contributed by atoms with Crippen molar-refractivity contribution in [3.63, 3.8) is 0 Å². The molecule has 0 aliphatic rings. The van der Waals surface area contributed by atoms with E-state index in [0.717, 1.165) is 28.3 Å². The second-order valence-corrected chi connectivity index (χ2v) is 6.92. The van der Waals surface area contributed by atoms with Crippen LogP contribution in [0.5, 0.6) is 0 Å². The normalized spacial score (nSPS) is 12.4. The molecule has 1 amide bonds. The summed E-state index contributed by atoms with van der Waals surface area (Å²) in [5, 5.41) is 14.0. The van der Waals surface area contributed by atoms with Crippen molar-refractivity contribution in [1.82, 2.24) is 14.7 Å². The molecule has 1 aromatic carbocycles. The van der Waals surface area contributed by atoms with Gasteiger partial charge in [0.15, 0.2) is 4.96 Å². The molecule has 2 aromatic heterocycles. The molecule has 1 atom stereocenters. The average molecular weight is 357 g/mol. The number of nitrogens with one attached hydrogen (secondary N) is 1. The predicted octanol–water partition coefficient (Wildman–Crippen LogP) is 3.05. The number of hydrogen-bond donors (Lipinski definition) is 2. The summed E-state index contributed by atoms with van der Waals surface area (Å²) < 4.78 is 1.98. The SMILES string of the molecule is CCc1ccc(-c2cn3c(CC(=O)NC(CC)CO)csc3n2)cc1. The summed E-state index contributed by atoms with van der Waals surface area (Å²) in [7, 11) is 0. The lowest BCUT2D eigenvalue weighted by Gasteiger charge is -2.13. The molecular formula is C19H23N3O2S. The van der Waals surface area contributed by atoms with E-state index in [4.69, 9.17) is 0 Å². The first kappa shape index (κ1) is 17.6. The van der Waals surface area contributed by atoms with Gasteiger partial charge in [0.2, 0.25) is 5.91 Å². The van der Waals surface area contributed by atoms with Crippen LogP contribution in [0.2, 0.25) is 0 Å². The fourth-order valence-electron chi connectivity index (χ4n) is 2.73. The number of aliphatic hydroxyl groups is 1. The van der Waals surface area contributed by atoms with E-state index in [1.807, 2.05) is 22.9 Å². The molecule has 0 saturated heterocycles. The van der Waals surface area contributed by atoms with E-state index in [2.05, 4.69) is 41.5 Å². The lowest BCUT2D eigenvalue weighted by atomic mass is 10.1. The number of benzene rings is 1. The number of carbonyl (C=O) groups excluding carboxylic acids is 1. The summed E-state index contributed by atoms with van der Waals surface area (Å²) >= 11 is 1.53. The van der Waals surface area contributed by atoms with Crippen molar-refractivity contribution in [2.24, 2.45) is 0 Å². The van der Waals surface area contributed by atoms with Gasteiger partial charge in [-0.2, -0.15) is 0 Å². The van der Waals surface area contributed by atoms with Crippen molar-refractivity contribution in [3.8, 4) is 11.3 Å². The number of thiazole rings is 1. The first-order valence-corrected chi connectivity index (χ1v) is 9.47. The Labute approximate surface area is 151 Å². The minimum absolute atomic E-state index is 0.0374. The zero-order chi connectivity index (χ0) is 17.8. The molecule has 6 heteroatoms. The number of nitrogens with zero attached hydrogens (tertiary/aromatic N) is 2. The van der Waals surface area contributed by atoms with Gasteiger partial charge in [-0.15, -0.1) is 11.3 Å². The third-order valence-corrected chi connectivity index (χ3v) is 5.25. The number of hydrogen-bond acceptors (Lipinski definition) is 4. The van der Waals surface area contributed by atoms with Gasteiger partial charge in [0, 0.05) is 22.8 Å². The molecule has 0 radical (unpaired) electrons. The molecule has 0 aliphatic carbocycles. The summed E-state index contributed by atoms with van der Waals surface area (Å²) in [4.78, 5) is 17.7. The number of fused-ring (bicyclic) bond motifs is 1. The highest BCUT2D eigenvalue weighted by Gasteiger charge is 2.14. The van der Waals surface area contributed by atoms with Crippen LogP contribution in [-0.4, -0.2) is 33.0 Å². The quantitative estimate of drug-likeness (QED) is 0.683.